The number of aromatic nitrogens is 1. The molecule has 0 saturated heterocycles. The molecule has 6 nitrogen and oxygen atoms in total. The zero-order valence-corrected chi connectivity index (χ0v) is 20.8. The van der Waals surface area contributed by atoms with Crippen LogP contribution in [0.25, 0.3) is 22.2 Å². The van der Waals surface area contributed by atoms with E-state index in [0.29, 0.717) is 18.8 Å². The van der Waals surface area contributed by atoms with Crippen LogP contribution in [0.3, 0.4) is 0 Å². The number of amides is 1. The maximum Gasteiger partial charge on any atom is 0.225 e. The van der Waals surface area contributed by atoms with Gasteiger partial charge in [0.2, 0.25) is 5.91 Å². The van der Waals surface area contributed by atoms with E-state index in [-0.39, 0.29) is 11.8 Å². The number of methoxy groups -OCH3 is 2. The summed E-state index contributed by atoms with van der Waals surface area (Å²) in [6.45, 7) is 7.85. The summed E-state index contributed by atoms with van der Waals surface area (Å²) in [5, 5.41) is 0.868. The van der Waals surface area contributed by atoms with Gasteiger partial charge in [-0.2, -0.15) is 0 Å². The normalized spacial score (nSPS) is 11.3. The van der Waals surface area contributed by atoms with Crippen LogP contribution in [0.1, 0.15) is 25.0 Å². The van der Waals surface area contributed by atoms with Crippen molar-refractivity contribution < 1.29 is 14.3 Å². The number of hydrogen-bond donors (Lipinski definition) is 0. The molecule has 0 unspecified atom stereocenters. The molecular weight excluding hydrogens is 414 g/mol. The molecule has 0 aliphatic rings. The maximum atomic E-state index is 13.1. The second-order valence-corrected chi connectivity index (χ2v) is 8.95. The lowest BCUT2D eigenvalue weighted by atomic mass is 10.0. The number of ether oxygens (including phenoxy) is 2. The number of hydrogen-bond acceptors (Lipinski definition) is 5. The molecule has 0 saturated carbocycles. The highest BCUT2D eigenvalue weighted by atomic mass is 16.5. The summed E-state index contributed by atoms with van der Waals surface area (Å²) in [6.07, 6.45) is 0. The van der Waals surface area contributed by atoms with E-state index in [1.807, 2.05) is 45.0 Å². The maximum absolute atomic E-state index is 13.1. The molecule has 3 aromatic rings. The van der Waals surface area contributed by atoms with Crippen molar-refractivity contribution in [2.24, 2.45) is 5.92 Å². The molecule has 33 heavy (non-hydrogen) atoms. The van der Waals surface area contributed by atoms with Crippen LogP contribution >= 0.6 is 0 Å². The third kappa shape index (κ3) is 5.63. The Balaban J connectivity index is 2.20. The standard InChI is InChI=1S/C27H35N3O3/c1-18(2)27(31)30(15-14-29(4)5)17-21-16-22-23(32-6)12-13-24(33-7)26(22)28-25(21)20-10-8-19(3)9-11-20/h8-13,16,18H,14-15,17H2,1-7H3. The van der Waals surface area contributed by atoms with E-state index in [0.717, 1.165) is 40.0 Å². The van der Waals surface area contributed by atoms with E-state index in [2.05, 4.69) is 42.2 Å². The monoisotopic (exact) mass is 449 g/mol. The Kier molecular flexibility index (Phi) is 7.92. The van der Waals surface area contributed by atoms with E-state index >= 15 is 0 Å². The Morgan fingerprint density at radius 2 is 1.61 bits per heavy atom. The first kappa shape index (κ1) is 24.5. The van der Waals surface area contributed by atoms with Crippen LogP contribution in [0.2, 0.25) is 0 Å². The molecule has 2 aromatic carbocycles. The molecule has 0 radical (unpaired) electrons. The van der Waals surface area contributed by atoms with Gasteiger partial charge in [-0.25, -0.2) is 4.98 Å². The number of benzene rings is 2. The molecule has 6 heteroatoms. The largest absolute Gasteiger partial charge is 0.496 e. The van der Waals surface area contributed by atoms with E-state index in [4.69, 9.17) is 14.5 Å². The number of pyridine rings is 1. The first-order valence-corrected chi connectivity index (χ1v) is 11.3. The minimum Gasteiger partial charge on any atom is -0.496 e. The highest BCUT2D eigenvalue weighted by molar-refractivity contribution is 5.93. The van der Waals surface area contributed by atoms with Crippen molar-refractivity contribution in [2.45, 2.75) is 27.3 Å². The SMILES string of the molecule is COc1ccc(OC)c2nc(-c3ccc(C)cc3)c(CN(CCN(C)C)C(=O)C(C)C)cc12. The lowest BCUT2D eigenvalue weighted by molar-refractivity contribution is -0.135. The van der Waals surface area contributed by atoms with Gasteiger partial charge in [0.1, 0.15) is 17.0 Å². The summed E-state index contributed by atoms with van der Waals surface area (Å²) in [4.78, 5) is 22.2. The molecular formula is C27H35N3O3. The Morgan fingerprint density at radius 1 is 0.970 bits per heavy atom. The number of nitrogens with zero attached hydrogens (tertiary/aromatic N) is 3. The van der Waals surface area contributed by atoms with Crippen molar-refractivity contribution in [2.75, 3.05) is 41.4 Å². The summed E-state index contributed by atoms with van der Waals surface area (Å²) >= 11 is 0. The lowest BCUT2D eigenvalue weighted by Gasteiger charge is -2.27. The van der Waals surface area contributed by atoms with Crippen molar-refractivity contribution in [1.82, 2.24) is 14.8 Å². The van der Waals surface area contributed by atoms with E-state index in [9.17, 15) is 4.79 Å². The van der Waals surface area contributed by atoms with Gasteiger partial charge < -0.3 is 19.3 Å². The van der Waals surface area contributed by atoms with Crippen molar-refractivity contribution in [3.8, 4) is 22.8 Å². The van der Waals surface area contributed by atoms with Crippen molar-refractivity contribution in [3.05, 3.63) is 53.6 Å². The van der Waals surface area contributed by atoms with Gasteiger partial charge in [0, 0.05) is 36.5 Å². The summed E-state index contributed by atoms with van der Waals surface area (Å²) in [5.41, 5.74) is 4.76. The molecule has 1 amide bonds. The fourth-order valence-corrected chi connectivity index (χ4v) is 3.83. The Hall–Kier alpha value is -3.12. The van der Waals surface area contributed by atoms with Crippen LogP contribution in [-0.4, -0.2) is 62.1 Å². The molecule has 0 N–H and O–H groups in total. The van der Waals surface area contributed by atoms with Gasteiger partial charge in [-0.05, 0) is 44.8 Å². The summed E-state index contributed by atoms with van der Waals surface area (Å²) in [7, 11) is 7.34. The lowest BCUT2D eigenvalue weighted by Crippen LogP contribution is -2.38. The molecule has 1 aromatic heterocycles. The number of likely N-dealkylation sites (N-methyl/N-ethyl adjacent to an activating group) is 1. The first-order chi connectivity index (χ1) is 15.7. The fraction of sp³-hybridized carbons (Fsp3) is 0.407. The number of carbonyl (C=O) groups excluding carboxylic acids is 1. The van der Waals surface area contributed by atoms with Gasteiger partial charge in [-0.15, -0.1) is 0 Å². The van der Waals surface area contributed by atoms with E-state index in [1.165, 1.54) is 5.56 Å². The second-order valence-electron chi connectivity index (χ2n) is 8.95. The third-order valence-electron chi connectivity index (χ3n) is 5.74. The molecule has 0 spiro atoms. The quantitative estimate of drug-likeness (QED) is 0.471. The summed E-state index contributed by atoms with van der Waals surface area (Å²) in [6, 6.07) is 14.2. The first-order valence-electron chi connectivity index (χ1n) is 11.3. The van der Waals surface area contributed by atoms with Crippen molar-refractivity contribution in [3.63, 3.8) is 0 Å². The fourth-order valence-electron chi connectivity index (χ4n) is 3.83. The predicted octanol–water partition coefficient (Wildman–Crippen LogP) is 4.77. The molecule has 176 valence electrons. The van der Waals surface area contributed by atoms with Crippen LogP contribution in [0.15, 0.2) is 42.5 Å². The molecule has 1 heterocycles. The van der Waals surface area contributed by atoms with Gasteiger partial charge in [-0.3, -0.25) is 4.79 Å². The van der Waals surface area contributed by atoms with Gasteiger partial charge in [0.15, 0.2) is 0 Å². The molecule has 0 aliphatic carbocycles. The second kappa shape index (κ2) is 10.7. The number of carbonyl (C=O) groups is 1. The summed E-state index contributed by atoms with van der Waals surface area (Å²) in [5.74, 6) is 1.46. The number of rotatable bonds is 9. The van der Waals surface area contributed by atoms with Gasteiger partial charge in [0.05, 0.1) is 19.9 Å². The minimum absolute atomic E-state index is 0.0852. The number of fused-ring (bicyclic) bond motifs is 1. The molecule has 0 atom stereocenters. The third-order valence-corrected chi connectivity index (χ3v) is 5.74. The van der Waals surface area contributed by atoms with Crippen molar-refractivity contribution in [1.29, 1.82) is 0 Å². The number of aryl methyl sites for hydroxylation is 1. The topological polar surface area (TPSA) is 54.9 Å². The van der Waals surface area contributed by atoms with E-state index in [1.54, 1.807) is 14.2 Å². The Labute approximate surface area is 197 Å². The van der Waals surface area contributed by atoms with Crippen LogP contribution in [0.4, 0.5) is 0 Å². The average Bonchev–Trinajstić information content (AvgIpc) is 2.80. The summed E-state index contributed by atoms with van der Waals surface area (Å²) < 4.78 is 11.2. The zero-order valence-electron chi connectivity index (χ0n) is 20.8. The molecule has 0 bridgehead atoms. The van der Waals surface area contributed by atoms with Gasteiger partial charge >= 0.3 is 0 Å². The zero-order chi connectivity index (χ0) is 24.1. The highest BCUT2D eigenvalue weighted by Crippen LogP contribution is 2.36. The molecule has 0 aliphatic heterocycles. The highest BCUT2D eigenvalue weighted by Gasteiger charge is 2.22. The average molecular weight is 450 g/mol. The predicted molar refractivity (Wildman–Crippen MR) is 134 cm³/mol. The van der Waals surface area contributed by atoms with Gasteiger partial charge in [0.25, 0.3) is 0 Å². The van der Waals surface area contributed by atoms with Crippen LogP contribution < -0.4 is 9.47 Å². The van der Waals surface area contributed by atoms with Gasteiger partial charge in [-0.1, -0.05) is 43.7 Å². The smallest absolute Gasteiger partial charge is 0.225 e. The molecule has 3 rings (SSSR count). The van der Waals surface area contributed by atoms with Crippen LogP contribution in [-0.2, 0) is 11.3 Å². The Morgan fingerprint density at radius 3 is 2.18 bits per heavy atom. The van der Waals surface area contributed by atoms with E-state index < -0.39 is 0 Å². The van der Waals surface area contributed by atoms with Crippen LogP contribution in [0.5, 0.6) is 11.5 Å². The van der Waals surface area contributed by atoms with Crippen LogP contribution in [0, 0.1) is 12.8 Å². The molecule has 0 fully saturated rings. The Bertz CT molecular complexity index is 1110. The minimum atomic E-state index is -0.0852. The van der Waals surface area contributed by atoms with Crippen molar-refractivity contribution >= 4 is 16.8 Å².